The van der Waals surface area contributed by atoms with Gasteiger partial charge < -0.3 is 26.6 Å². The van der Waals surface area contributed by atoms with Crippen molar-refractivity contribution in [1.29, 1.82) is 0 Å². The summed E-state index contributed by atoms with van der Waals surface area (Å²) in [4.78, 5) is 17.6. The number of pyridine rings is 4. The average molecular weight is 693 g/mol. The maximum absolute atomic E-state index is 5.88. The molecule has 4 heterocycles. The minimum atomic E-state index is -2.88. The van der Waals surface area contributed by atoms with Crippen LogP contribution in [0.1, 0.15) is 41.5 Å². The van der Waals surface area contributed by atoms with Crippen LogP contribution in [-0.4, -0.2) is 77.2 Å². The summed E-state index contributed by atoms with van der Waals surface area (Å²) in [6.45, 7) is 14.9. The van der Waals surface area contributed by atoms with Crippen LogP contribution in [0.5, 0.6) is 0 Å². The van der Waals surface area contributed by atoms with Crippen LogP contribution in [0.2, 0.25) is 0 Å². The summed E-state index contributed by atoms with van der Waals surface area (Å²) in [5.41, 5.74) is 3.31. The topological polar surface area (TPSA) is 107 Å². The maximum atomic E-state index is 5.88. The molecule has 244 valence electrons. The minimum absolute atomic E-state index is 0. The SMILES string of the molecule is CCO[Si](OCC)(OCC)c1ccc(-c2ccccn2)nc1.CCO[Si](OCC)(OCC)c1ccc(-c2ccccn2)nc1.[Fe]. The van der Waals surface area contributed by atoms with E-state index in [0.717, 1.165) is 33.1 Å². The fourth-order valence-electron chi connectivity index (χ4n) is 4.37. The average Bonchev–Trinajstić information content (AvgIpc) is 3.07. The first-order valence-electron chi connectivity index (χ1n) is 15.1. The molecule has 0 bridgehead atoms. The zero-order valence-corrected chi connectivity index (χ0v) is 30.0. The van der Waals surface area contributed by atoms with Gasteiger partial charge in [-0.25, -0.2) is 0 Å². The second-order valence-corrected chi connectivity index (χ2v) is 14.1. The van der Waals surface area contributed by atoms with E-state index < -0.39 is 17.6 Å². The molecule has 0 aliphatic heterocycles. The molecule has 13 heteroatoms. The Hall–Kier alpha value is -2.69. The van der Waals surface area contributed by atoms with Gasteiger partial charge >= 0.3 is 17.6 Å². The molecular formula is C32H44FeN4O6Si2. The molecule has 0 spiro atoms. The van der Waals surface area contributed by atoms with Crippen LogP contribution in [0.4, 0.5) is 0 Å². The molecule has 0 aromatic carbocycles. The predicted molar refractivity (Wildman–Crippen MR) is 175 cm³/mol. The smallest absolute Gasteiger partial charge is 0.370 e. The van der Waals surface area contributed by atoms with E-state index in [1.54, 1.807) is 24.8 Å². The van der Waals surface area contributed by atoms with Crippen molar-refractivity contribution in [2.45, 2.75) is 41.5 Å². The van der Waals surface area contributed by atoms with Gasteiger partial charge in [0.2, 0.25) is 0 Å². The van der Waals surface area contributed by atoms with Crippen molar-refractivity contribution in [2.24, 2.45) is 0 Å². The fraction of sp³-hybridized carbons (Fsp3) is 0.375. The van der Waals surface area contributed by atoms with Gasteiger partial charge in [-0.05, 0) is 77.9 Å². The largest absolute Gasteiger partial charge is 0.538 e. The Morgan fingerprint density at radius 1 is 0.422 bits per heavy atom. The van der Waals surface area contributed by atoms with E-state index in [1.807, 2.05) is 102 Å². The molecule has 0 unspecified atom stereocenters. The van der Waals surface area contributed by atoms with Crippen molar-refractivity contribution in [3.8, 4) is 22.8 Å². The quantitative estimate of drug-likeness (QED) is 0.152. The van der Waals surface area contributed by atoms with Gasteiger partial charge in [0.25, 0.3) is 0 Å². The standard InChI is InChI=1S/2C16H22N2O3Si.Fe/c2*1-4-19-22(20-5-2,21-6-3)14-10-11-16(18-13-14)15-9-7-8-12-17-15;/h2*7-13H,4-6H2,1-3H3;. The van der Waals surface area contributed by atoms with E-state index in [2.05, 4.69) is 19.9 Å². The van der Waals surface area contributed by atoms with Crippen molar-refractivity contribution in [2.75, 3.05) is 39.6 Å². The second kappa shape index (κ2) is 20.4. The zero-order valence-electron chi connectivity index (χ0n) is 26.9. The van der Waals surface area contributed by atoms with Crippen LogP contribution < -0.4 is 10.4 Å². The number of rotatable bonds is 16. The Bertz CT molecular complexity index is 1200. The molecule has 0 N–H and O–H groups in total. The summed E-state index contributed by atoms with van der Waals surface area (Å²) in [7, 11) is -5.76. The summed E-state index contributed by atoms with van der Waals surface area (Å²) in [6, 6.07) is 19.3. The molecule has 4 aromatic rings. The van der Waals surface area contributed by atoms with Crippen LogP contribution in [0.15, 0.2) is 85.5 Å². The van der Waals surface area contributed by atoms with Gasteiger partial charge in [-0.15, -0.1) is 0 Å². The number of nitrogens with zero attached hydrogens (tertiary/aromatic N) is 4. The van der Waals surface area contributed by atoms with E-state index in [4.69, 9.17) is 26.6 Å². The molecule has 0 fully saturated rings. The van der Waals surface area contributed by atoms with E-state index in [-0.39, 0.29) is 17.1 Å². The third-order valence-electron chi connectivity index (χ3n) is 6.09. The zero-order chi connectivity index (χ0) is 31.7. The Morgan fingerprint density at radius 2 is 0.733 bits per heavy atom. The fourth-order valence-corrected chi connectivity index (χ4v) is 9.17. The van der Waals surface area contributed by atoms with Crippen LogP contribution in [0.25, 0.3) is 22.8 Å². The number of aromatic nitrogens is 4. The molecule has 4 rings (SSSR count). The third kappa shape index (κ3) is 10.7. The normalized spacial score (nSPS) is 11.3. The van der Waals surface area contributed by atoms with Gasteiger partial charge in [0, 0.05) is 91.9 Å². The molecule has 0 radical (unpaired) electrons. The number of hydrogen-bond acceptors (Lipinski definition) is 10. The Kier molecular flexibility index (Phi) is 17.5. The Morgan fingerprint density at radius 3 is 0.956 bits per heavy atom. The molecule has 10 nitrogen and oxygen atoms in total. The summed E-state index contributed by atoms with van der Waals surface area (Å²) in [6.07, 6.45) is 7.06. The summed E-state index contributed by atoms with van der Waals surface area (Å²) in [5, 5.41) is 1.75. The third-order valence-corrected chi connectivity index (χ3v) is 12.1. The van der Waals surface area contributed by atoms with Gasteiger partial charge in [0.15, 0.2) is 0 Å². The second-order valence-electron chi connectivity index (χ2n) is 9.00. The first kappa shape index (κ1) is 38.5. The van der Waals surface area contributed by atoms with Crippen LogP contribution >= 0.6 is 0 Å². The summed E-state index contributed by atoms with van der Waals surface area (Å²) < 4.78 is 35.3. The van der Waals surface area contributed by atoms with E-state index in [1.165, 1.54) is 0 Å². The molecule has 0 amide bonds. The molecule has 0 aliphatic carbocycles. The van der Waals surface area contributed by atoms with Crippen molar-refractivity contribution in [1.82, 2.24) is 19.9 Å². The minimum Gasteiger partial charge on any atom is -0.370 e. The van der Waals surface area contributed by atoms with Crippen molar-refractivity contribution < 1.29 is 43.6 Å². The van der Waals surface area contributed by atoms with Gasteiger partial charge in [-0.1, -0.05) is 24.3 Å². The van der Waals surface area contributed by atoms with E-state index in [9.17, 15) is 0 Å². The predicted octanol–water partition coefficient (Wildman–Crippen LogP) is 4.80. The Balaban J connectivity index is 0.000000307. The van der Waals surface area contributed by atoms with Gasteiger partial charge in [0.1, 0.15) is 0 Å². The molecule has 0 saturated carbocycles. The number of hydrogen-bond donors (Lipinski definition) is 0. The van der Waals surface area contributed by atoms with Crippen LogP contribution in [-0.2, 0) is 43.6 Å². The molecule has 4 aromatic heterocycles. The first-order chi connectivity index (χ1) is 21.5. The molecule has 0 aliphatic rings. The van der Waals surface area contributed by atoms with Gasteiger partial charge in [-0.2, -0.15) is 0 Å². The monoisotopic (exact) mass is 692 g/mol. The van der Waals surface area contributed by atoms with Crippen LogP contribution in [0.3, 0.4) is 0 Å². The summed E-state index contributed by atoms with van der Waals surface area (Å²) in [5.74, 6) is 0. The first-order valence-corrected chi connectivity index (χ1v) is 18.6. The maximum Gasteiger partial charge on any atom is 0.538 e. The molecule has 0 atom stereocenters. The molecule has 45 heavy (non-hydrogen) atoms. The molecule has 0 saturated heterocycles. The van der Waals surface area contributed by atoms with Crippen molar-refractivity contribution >= 4 is 28.0 Å². The van der Waals surface area contributed by atoms with Crippen LogP contribution in [0, 0.1) is 0 Å². The van der Waals surface area contributed by atoms with E-state index >= 15 is 0 Å². The van der Waals surface area contributed by atoms with Crippen molar-refractivity contribution in [3.63, 3.8) is 0 Å². The van der Waals surface area contributed by atoms with Gasteiger partial charge in [0.05, 0.1) is 22.8 Å². The molecular weight excluding hydrogens is 648 g/mol. The van der Waals surface area contributed by atoms with E-state index in [0.29, 0.717) is 39.6 Å². The van der Waals surface area contributed by atoms with Gasteiger partial charge in [-0.3, -0.25) is 19.9 Å². The Labute approximate surface area is 280 Å². The van der Waals surface area contributed by atoms with Crippen molar-refractivity contribution in [3.05, 3.63) is 85.5 Å². The summed E-state index contributed by atoms with van der Waals surface area (Å²) >= 11 is 0.